The van der Waals surface area contributed by atoms with Gasteiger partial charge in [0.05, 0.1) is 11.7 Å². The first-order chi connectivity index (χ1) is 14.0. The molecule has 1 aliphatic heterocycles. The molecule has 1 heterocycles. The Morgan fingerprint density at radius 1 is 1.07 bits per heavy atom. The van der Waals surface area contributed by atoms with Crippen LogP contribution in [0.15, 0.2) is 53.5 Å². The molecule has 164 valence electrons. The molecule has 0 saturated carbocycles. The highest BCUT2D eigenvalue weighted by Gasteiger charge is 2.22. The number of nitrogens with one attached hydrogen (secondary N) is 1. The van der Waals surface area contributed by atoms with Crippen LogP contribution >= 0.6 is 24.0 Å². The molecule has 2 aromatic rings. The first-order valence-corrected chi connectivity index (χ1v) is 10.2. The third kappa shape index (κ3) is 6.01. The van der Waals surface area contributed by atoms with Crippen LogP contribution in [0.3, 0.4) is 0 Å². The maximum Gasteiger partial charge on any atom is 0.193 e. The summed E-state index contributed by atoms with van der Waals surface area (Å²) in [7, 11) is 6.06. The van der Waals surface area contributed by atoms with Crippen LogP contribution in [-0.4, -0.2) is 74.7 Å². The van der Waals surface area contributed by atoms with Crippen molar-refractivity contribution in [2.24, 2.45) is 4.99 Å². The molecule has 0 spiro atoms. The Hall–Kier alpha value is -2.00. The molecule has 2 N–H and O–H groups in total. The van der Waals surface area contributed by atoms with Gasteiger partial charge in [-0.1, -0.05) is 42.0 Å². The van der Waals surface area contributed by atoms with Crippen LogP contribution in [0.5, 0.6) is 5.75 Å². The van der Waals surface area contributed by atoms with Gasteiger partial charge in [-0.05, 0) is 38.7 Å². The van der Waals surface area contributed by atoms with E-state index in [0.717, 1.165) is 44.4 Å². The fourth-order valence-electron chi connectivity index (χ4n) is 3.80. The highest BCUT2D eigenvalue weighted by molar-refractivity contribution is 14.0. The van der Waals surface area contributed by atoms with E-state index in [4.69, 9.17) is 0 Å². The zero-order chi connectivity index (χ0) is 20.8. The van der Waals surface area contributed by atoms with E-state index >= 15 is 0 Å². The molecule has 0 radical (unpaired) electrons. The van der Waals surface area contributed by atoms with E-state index in [9.17, 15) is 5.11 Å². The normalized spacial score (nSPS) is 15.7. The Labute approximate surface area is 197 Å². The third-order valence-electron chi connectivity index (χ3n) is 5.55. The molecule has 1 unspecified atom stereocenters. The molecule has 6 nitrogen and oxygen atoms in total. The average Bonchev–Trinajstić information content (AvgIpc) is 2.73. The number of phenols is 1. The van der Waals surface area contributed by atoms with Crippen LogP contribution in [0.4, 0.5) is 5.69 Å². The summed E-state index contributed by atoms with van der Waals surface area (Å²) in [4.78, 5) is 11.3. The summed E-state index contributed by atoms with van der Waals surface area (Å²) < 4.78 is 0. The molecule has 2 aromatic carbocycles. The summed E-state index contributed by atoms with van der Waals surface area (Å²) in [6, 6.07) is 16.6. The molecule has 1 saturated heterocycles. The van der Waals surface area contributed by atoms with Crippen molar-refractivity contribution in [1.82, 2.24) is 15.1 Å². The van der Waals surface area contributed by atoms with E-state index in [0.29, 0.717) is 5.75 Å². The van der Waals surface area contributed by atoms with Gasteiger partial charge in [-0.3, -0.25) is 4.99 Å². The first-order valence-electron chi connectivity index (χ1n) is 10.2. The molecule has 0 aromatic heterocycles. The lowest BCUT2D eigenvalue weighted by atomic mass is 10.0. The molecule has 30 heavy (non-hydrogen) atoms. The van der Waals surface area contributed by atoms with E-state index in [1.807, 2.05) is 25.2 Å². The number of para-hydroxylation sites is 2. The summed E-state index contributed by atoms with van der Waals surface area (Å²) in [5.74, 6) is 1.27. The molecule has 0 amide bonds. The minimum atomic E-state index is 0. The van der Waals surface area contributed by atoms with Gasteiger partial charge in [0.2, 0.25) is 0 Å². The summed E-state index contributed by atoms with van der Waals surface area (Å²) in [5.41, 5.74) is 3.48. The van der Waals surface area contributed by atoms with Gasteiger partial charge in [-0.15, -0.1) is 24.0 Å². The maximum atomic E-state index is 10.1. The Balaban J connectivity index is 0.00000320. The average molecular weight is 523 g/mol. The molecular weight excluding hydrogens is 489 g/mol. The molecule has 1 aliphatic rings. The number of benzene rings is 2. The van der Waals surface area contributed by atoms with Crippen molar-refractivity contribution in [3.8, 4) is 5.75 Å². The lowest BCUT2D eigenvalue weighted by Crippen LogP contribution is -2.53. The number of nitrogens with zero attached hydrogens (tertiary/aromatic N) is 4. The predicted octanol–water partition coefficient (Wildman–Crippen LogP) is 3.32. The van der Waals surface area contributed by atoms with E-state index in [2.05, 4.69) is 70.3 Å². The second-order valence-corrected chi connectivity index (χ2v) is 7.78. The van der Waals surface area contributed by atoms with Crippen molar-refractivity contribution in [3.05, 3.63) is 59.7 Å². The van der Waals surface area contributed by atoms with Crippen molar-refractivity contribution in [3.63, 3.8) is 0 Å². The van der Waals surface area contributed by atoms with Crippen LogP contribution < -0.4 is 10.2 Å². The van der Waals surface area contributed by atoms with Gasteiger partial charge in [0.1, 0.15) is 5.75 Å². The third-order valence-corrected chi connectivity index (χ3v) is 5.55. The van der Waals surface area contributed by atoms with E-state index in [1.54, 1.807) is 6.07 Å². The van der Waals surface area contributed by atoms with Crippen LogP contribution in [0.1, 0.15) is 17.2 Å². The number of hydrogen-bond acceptors (Lipinski definition) is 4. The number of likely N-dealkylation sites (N-methyl/N-ethyl adjacent to an activating group) is 1. The van der Waals surface area contributed by atoms with Crippen LogP contribution in [0, 0.1) is 6.92 Å². The zero-order valence-corrected chi connectivity index (χ0v) is 20.7. The van der Waals surface area contributed by atoms with Gasteiger partial charge in [0.25, 0.3) is 0 Å². The van der Waals surface area contributed by atoms with E-state index in [1.165, 1.54) is 11.1 Å². The lowest BCUT2D eigenvalue weighted by molar-refractivity contribution is 0.292. The number of aromatic hydroxyl groups is 1. The number of rotatable bonds is 5. The van der Waals surface area contributed by atoms with Gasteiger partial charge >= 0.3 is 0 Å². The fourth-order valence-corrected chi connectivity index (χ4v) is 3.80. The Bertz CT molecular complexity index is 817. The second kappa shape index (κ2) is 11.4. The highest BCUT2D eigenvalue weighted by atomic mass is 127. The van der Waals surface area contributed by atoms with E-state index in [-0.39, 0.29) is 30.0 Å². The van der Waals surface area contributed by atoms with Crippen molar-refractivity contribution in [1.29, 1.82) is 0 Å². The summed E-state index contributed by atoms with van der Waals surface area (Å²) in [5, 5.41) is 13.7. The second-order valence-electron chi connectivity index (χ2n) is 7.78. The Morgan fingerprint density at radius 2 is 1.70 bits per heavy atom. The van der Waals surface area contributed by atoms with Gasteiger partial charge < -0.3 is 25.1 Å². The number of piperazine rings is 1. The van der Waals surface area contributed by atoms with Crippen LogP contribution in [0.25, 0.3) is 0 Å². The van der Waals surface area contributed by atoms with E-state index < -0.39 is 0 Å². The highest BCUT2D eigenvalue weighted by Crippen LogP contribution is 2.27. The summed E-state index contributed by atoms with van der Waals surface area (Å²) in [6.07, 6.45) is 0. The molecule has 3 rings (SSSR count). The number of guanidine groups is 1. The van der Waals surface area contributed by atoms with Crippen molar-refractivity contribution in [2.75, 3.05) is 58.8 Å². The number of phenolic OH excluding ortho intramolecular Hbond substituents is 1. The van der Waals surface area contributed by atoms with Crippen molar-refractivity contribution in [2.45, 2.75) is 13.0 Å². The Morgan fingerprint density at radius 3 is 2.27 bits per heavy atom. The van der Waals surface area contributed by atoms with Crippen molar-refractivity contribution < 1.29 is 5.11 Å². The SMILES string of the molecule is CN=C(NCC(c1ccc(C)cc1)N(C)C)N1CCN(c2ccccc2O)CC1.I. The van der Waals surface area contributed by atoms with Crippen LogP contribution in [0.2, 0.25) is 0 Å². The number of aryl methyl sites for hydroxylation is 1. The van der Waals surface area contributed by atoms with Gasteiger partial charge in [-0.25, -0.2) is 0 Å². The van der Waals surface area contributed by atoms with Gasteiger partial charge in [0.15, 0.2) is 5.96 Å². The molecular formula is C23H34IN5O. The largest absolute Gasteiger partial charge is 0.506 e. The topological polar surface area (TPSA) is 54.3 Å². The summed E-state index contributed by atoms with van der Waals surface area (Å²) >= 11 is 0. The quantitative estimate of drug-likeness (QED) is 0.358. The summed E-state index contributed by atoms with van der Waals surface area (Å²) in [6.45, 7) is 6.35. The molecule has 1 atom stereocenters. The lowest BCUT2D eigenvalue weighted by Gasteiger charge is -2.38. The monoisotopic (exact) mass is 523 g/mol. The molecule has 0 aliphatic carbocycles. The standard InChI is InChI=1S/C23H33N5O.HI/c1-18-9-11-19(12-10-18)21(26(3)4)17-25-23(24-2)28-15-13-27(14-16-28)20-7-5-6-8-22(20)29;/h5-12,21,29H,13-17H2,1-4H3,(H,24,25);1H. The molecule has 7 heteroatoms. The smallest absolute Gasteiger partial charge is 0.193 e. The first kappa shape index (κ1) is 24.3. The number of hydrogen-bond donors (Lipinski definition) is 2. The zero-order valence-electron chi connectivity index (χ0n) is 18.4. The van der Waals surface area contributed by atoms with Crippen LogP contribution in [-0.2, 0) is 0 Å². The van der Waals surface area contributed by atoms with Gasteiger partial charge in [0, 0.05) is 39.8 Å². The minimum Gasteiger partial charge on any atom is -0.506 e. The fraction of sp³-hybridized carbons (Fsp3) is 0.435. The minimum absolute atomic E-state index is 0. The molecule has 0 bridgehead atoms. The maximum absolute atomic E-state index is 10.1. The van der Waals surface area contributed by atoms with Crippen molar-refractivity contribution >= 4 is 35.6 Å². The van der Waals surface area contributed by atoms with Gasteiger partial charge in [-0.2, -0.15) is 0 Å². The molecule has 1 fully saturated rings. The predicted molar refractivity (Wildman–Crippen MR) is 136 cm³/mol. The number of aliphatic imine (C=N–C) groups is 1. The number of halogens is 1. The Kier molecular flexibility index (Phi) is 9.23. The number of anilines is 1.